The Bertz CT molecular complexity index is 456. The van der Waals surface area contributed by atoms with Crippen LogP contribution >= 0.6 is 0 Å². The zero-order valence-corrected chi connectivity index (χ0v) is 12.8. The number of likely N-dealkylation sites (N-methyl/N-ethyl adjacent to an activating group) is 1. The molecule has 1 rings (SSSR count). The third-order valence-electron chi connectivity index (χ3n) is 3.16. The molecule has 1 aromatic rings. The Hall–Kier alpha value is -2.08. The van der Waals surface area contributed by atoms with E-state index in [4.69, 9.17) is 4.74 Å². The summed E-state index contributed by atoms with van der Waals surface area (Å²) >= 11 is 0. The van der Waals surface area contributed by atoms with E-state index < -0.39 is 11.8 Å². The van der Waals surface area contributed by atoms with Crippen LogP contribution in [0.1, 0.15) is 13.8 Å². The van der Waals surface area contributed by atoms with Gasteiger partial charge in [0.15, 0.2) is 0 Å². The molecule has 0 bridgehead atoms. The molecule has 0 saturated carbocycles. The molecule has 0 heterocycles. The Morgan fingerprint density at radius 1 is 1.10 bits per heavy atom. The van der Waals surface area contributed by atoms with Crippen LogP contribution in [0.3, 0.4) is 0 Å². The first-order chi connectivity index (χ1) is 10.1. The standard InChI is InChI=1S/C15H23N3O3/c1-4-18(5-2)11-10-16-14(19)15(20)17-12-6-8-13(21-3)9-7-12/h6-9H,4-5,10-11H2,1-3H3,(H,16,19)(H,17,20). The number of hydrogen-bond donors (Lipinski definition) is 2. The van der Waals surface area contributed by atoms with Crippen LogP contribution in [0.25, 0.3) is 0 Å². The molecule has 0 aromatic heterocycles. The number of nitrogens with zero attached hydrogens (tertiary/aromatic N) is 1. The highest BCUT2D eigenvalue weighted by molar-refractivity contribution is 6.39. The lowest BCUT2D eigenvalue weighted by atomic mass is 10.3. The predicted octanol–water partition coefficient (Wildman–Crippen LogP) is 1.09. The van der Waals surface area contributed by atoms with Crippen molar-refractivity contribution in [2.75, 3.05) is 38.6 Å². The molecule has 116 valence electrons. The number of carbonyl (C=O) groups excluding carboxylic acids is 2. The van der Waals surface area contributed by atoms with Gasteiger partial charge in [-0.05, 0) is 37.4 Å². The summed E-state index contributed by atoms with van der Waals surface area (Å²) in [6.45, 7) is 7.14. The van der Waals surface area contributed by atoms with Crippen LogP contribution in [-0.2, 0) is 9.59 Å². The molecule has 0 saturated heterocycles. The molecule has 0 fully saturated rings. The molecular weight excluding hydrogens is 270 g/mol. The van der Waals surface area contributed by atoms with Crippen molar-refractivity contribution in [3.63, 3.8) is 0 Å². The largest absolute Gasteiger partial charge is 0.497 e. The summed E-state index contributed by atoms with van der Waals surface area (Å²) in [6.07, 6.45) is 0. The summed E-state index contributed by atoms with van der Waals surface area (Å²) in [7, 11) is 1.57. The highest BCUT2D eigenvalue weighted by Gasteiger charge is 2.13. The van der Waals surface area contributed by atoms with Gasteiger partial charge < -0.3 is 20.3 Å². The van der Waals surface area contributed by atoms with E-state index in [9.17, 15) is 9.59 Å². The fourth-order valence-electron chi connectivity index (χ4n) is 1.81. The third-order valence-corrected chi connectivity index (χ3v) is 3.16. The predicted molar refractivity (Wildman–Crippen MR) is 82.4 cm³/mol. The topological polar surface area (TPSA) is 70.7 Å². The second-order valence-corrected chi connectivity index (χ2v) is 4.47. The van der Waals surface area contributed by atoms with Crippen LogP contribution in [0.2, 0.25) is 0 Å². The van der Waals surface area contributed by atoms with E-state index in [1.807, 2.05) is 0 Å². The molecule has 0 unspecified atom stereocenters. The van der Waals surface area contributed by atoms with Gasteiger partial charge in [0.1, 0.15) is 5.75 Å². The maximum absolute atomic E-state index is 11.7. The summed E-state index contributed by atoms with van der Waals surface area (Å²) < 4.78 is 5.02. The summed E-state index contributed by atoms with van der Waals surface area (Å²) in [4.78, 5) is 25.5. The van der Waals surface area contributed by atoms with Crippen molar-refractivity contribution >= 4 is 17.5 Å². The van der Waals surface area contributed by atoms with Gasteiger partial charge >= 0.3 is 11.8 Å². The van der Waals surface area contributed by atoms with E-state index >= 15 is 0 Å². The van der Waals surface area contributed by atoms with Crippen LogP contribution < -0.4 is 15.4 Å². The Balaban J connectivity index is 2.38. The Morgan fingerprint density at radius 3 is 2.24 bits per heavy atom. The summed E-state index contributed by atoms with van der Waals surface area (Å²) in [5, 5.41) is 5.15. The lowest BCUT2D eigenvalue weighted by molar-refractivity contribution is -0.136. The van der Waals surface area contributed by atoms with E-state index in [0.717, 1.165) is 19.6 Å². The van der Waals surface area contributed by atoms with Crippen molar-refractivity contribution in [2.24, 2.45) is 0 Å². The lowest BCUT2D eigenvalue weighted by Gasteiger charge is -2.17. The first kappa shape index (κ1) is 17.0. The van der Waals surface area contributed by atoms with Gasteiger partial charge in [-0.25, -0.2) is 0 Å². The molecule has 0 radical (unpaired) electrons. The maximum Gasteiger partial charge on any atom is 0.313 e. The molecule has 2 N–H and O–H groups in total. The summed E-state index contributed by atoms with van der Waals surface area (Å²) in [5.74, 6) is -0.602. The molecule has 0 aliphatic rings. The van der Waals surface area contributed by atoms with Crippen molar-refractivity contribution in [3.05, 3.63) is 24.3 Å². The van der Waals surface area contributed by atoms with Gasteiger partial charge in [0.2, 0.25) is 0 Å². The monoisotopic (exact) mass is 293 g/mol. The molecular formula is C15H23N3O3. The first-order valence-corrected chi connectivity index (χ1v) is 7.06. The second-order valence-electron chi connectivity index (χ2n) is 4.47. The number of carbonyl (C=O) groups is 2. The van der Waals surface area contributed by atoms with Crippen LogP contribution in [0.4, 0.5) is 5.69 Å². The smallest absolute Gasteiger partial charge is 0.313 e. The van der Waals surface area contributed by atoms with Gasteiger partial charge in [-0.3, -0.25) is 9.59 Å². The van der Waals surface area contributed by atoms with Gasteiger partial charge in [0.05, 0.1) is 7.11 Å². The lowest BCUT2D eigenvalue weighted by Crippen LogP contribution is -2.40. The van der Waals surface area contributed by atoms with E-state index in [1.165, 1.54) is 0 Å². The molecule has 0 atom stereocenters. The van der Waals surface area contributed by atoms with Crippen LogP contribution in [0.5, 0.6) is 5.75 Å². The summed E-state index contributed by atoms with van der Waals surface area (Å²) in [5.41, 5.74) is 0.555. The van der Waals surface area contributed by atoms with Crippen LogP contribution in [-0.4, -0.2) is 50.0 Å². The minimum atomic E-state index is -0.667. The molecule has 1 aromatic carbocycles. The number of rotatable bonds is 7. The van der Waals surface area contributed by atoms with Crippen molar-refractivity contribution in [2.45, 2.75) is 13.8 Å². The number of nitrogens with one attached hydrogen (secondary N) is 2. The summed E-state index contributed by atoms with van der Waals surface area (Å²) in [6, 6.07) is 6.79. The fourth-order valence-corrected chi connectivity index (χ4v) is 1.81. The van der Waals surface area contributed by atoms with Gasteiger partial charge in [0.25, 0.3) is 0 Å². The van der Waals surface area contributed by atoms with E-state index in [1.54, 1.807) is 31.4 Å². The number of amides is 2. The highest BCUT2D eigenvalue weighted by atomic mass is 16.5. The van der Waals surface area contributed by atoms with Gasteiger partial charge in [0, 0.05) is 18.8 Å². The molecule has 0 aliphatic heterocycles. The maximum atomic E-state index is 11.7. The molecule has 0 aliphatic carbocycles. The molecule has 0 spiro atoms. The molecule has 2 amide bonds. The van der Waals surface area contributed by atoms with E-state index in [-0.39, 0.29) is 0 Å². The van der Waals surface area contributed by atoms with Crippen molar-refractivity contribution in [3.8, 4) is 5.75 Å². The van der Waals surface area contributed by atoms with Crippen LogP contribution in [0, 0.1) is 0 Å². The normalized spacial score (nSPS) is 10.3. The van der Waals surface area contributed by atoms with Gasteiger partial charge in [-0.1, -0.05) is 13.8 Å². The third kappa shape index (κ3) is 5.83. The Kier molecular flexibility index (Phi) is 7.25. The SMILES string of the molecule is CCN(CC)CCNC(=O)C(=O)Nc1ccc(OC)cc1. The van der Waals surface area contributed by atoms with E-state index in [0.29, 0.717) is 18.0 Å². The average molecular weight is 293 g/mol. The minimum absolute atomic E-state index is 0.455. The number of ether oxygens (including phenoxy) is 1. The molecule has 6 heteroatoms. The molecule has 6 nitrogen and oxygen atoms in total. The van der Waals surface area contributed by atoms with Gasteiger partial charge in [-0.15, -0.1) is 0 Å². The van der Waals surface area contributed by atoms with Crippen molar-refractivity contribution < 1.29 is 14.3 Å². The zero-order valence-electron chi connectivity index (χ0n) is 12.8. The van der Waals surface area contributed by atoms with Crippen LogP contribution in [0.15, 0.2) is 24.3 Å². The zero-order chi connectivity index (χ0) is 15.7. The fraction of sp³-hybridized carbons (Fsp3) is 0.467. The highest BCUT2D eigenvalue weighted by Crippen LogP contribution is 2.14. The van der Waals surface area contributed by atoms with E-state index in [2.05, 4.69) is 29.4 Å². The van der Waals surface area contributed by atoms with Gasteiger partial charge in [-0.2, -0.15) is 0 Å². The number of hydrogen-bond acceptors (Lipinski definition) is 4. The van der Waals surface area contributed by atoms with Crippen molar-refractivity contribution in [1.29, 1.82) is 0 Å². The minimum Gasteiger partial charge on any atom is -0.497 e. The second kappa shape index (κ2) is 8.97. The number of benzene rings is 1. The Labute approximate surface area is 125 Å². The Morgan fingerprint density at radius 2 is 1.71 bits per heavy atom. The first-order valence-electron chi connectivity index (χ1n) is 7.06. The molecule has 21 heavy (non-hydrogen) atoms. The number of methoxy groups -OCH3 is 1. The quantitative estimate of drug-likeness (QED) is 0.738. The van der Waals surface area contributed by atoms with Crippen molar-refractivity contribution in [1.82, 2.24) is 10.2 Å². The average Bonchev–Trinajstić information content (AvgIpc) is 2.52. The number of anilines is 1.